The van der Waals surface area contributed by atoms with Crippen LogP contribution in [-0.2, 0) is 19.1 Å². The van der Waals surface area contributed by atoms with E-state index in [1.54, 1.807) is 30.3 Å². The Bertz CT molecular complexity index is 1320. The third kappa shape index (κ3) is 5.16. The van der Waals surface area contributed by atoms with E-state index in [1.807, 2.05) is 0 Å². The smallest absolute Gasteiger partial charge is 0.317 e. The molecule has 3 aromatic rings. The average Bonchev–Trinajstić information content (AvgIpc) is 2.83. The molecule has 190 valence electrons. The molecule has 0 bridgehead atoms. The van der Waals surface area contributed by atoms with Gasteiger partial charge in [0.1, 0.15) is 66.2 Å². The van der Waals surface area contributed by atoms with E-state index in [0.29, 0.717) is 5.56 Å². The topological polar surface area (TPSA) is 193 Å². The molecule has 0 radical (unpaired) electrons. The van der Waals surface area contributed by atoms with Gasteiger partial charge in [-0.25, -0.2) is 0 Å². The van der Waals surface area contributed by atoms with Gasteiger partial charge in [0, 0.05) is 12.1 Å². The Morgan fingerprint density at radius 3 is 2.42 bits per heavy atom. The van der Waals surface area contributed by atoms with Crippen LogP contribution >= 0.6 is 0 Å². The van der Waals surface area contributed by atoms with E-state index < -0.39 is 66.9 Å². The lowest BCUT2D eigenvalue weighted by Crippen LogP contribution is -2.60. The Hall–Kier alpha value is -3.97. The van der Waals surface area contributed by atoms with Gasteiger partial charge in [-0.3, -0.25) is 14.4 Å². The first-order valence-corrected chi connectivity index (χ1v) is 10.7. The number of esters is 1. The predicted molar refractivity (Wildman–Crippen MR) is 120 cm³/mol. The lowest BCUT2D eigenvalue weighted by molar-refractivity contribution is -0.278. The number of phenols is 1. The van der Waals surface area contributed by atoms with Crippen molar-refractivity contribution >= 4 is 22.9 Å². The minimum absolute atomic E-state index is 0.0280. The van der Waals surface area contributed by atoms with E-state index in [2.05, 4.69) is 0 Å². The largest absolute Gasteiger partial charge is 0.507 e. The second-order valence-electron chi connectivity index (χ2n) is 8.05. The molecule has 36 heavy (non-hydrogen) atoms. The maximum absolute atomic E-state index is 13.0. The summed E-state index contributed by atoms with van der Waals surface area (Å²) in [5, 5.41) is 49.6. The fourth-order valence-electron chi connectivity index (χ4n) is 3.73. The van der Waals surface area contributed by atoms with Crippen LogP contribution in [0.1, 0.15) is 6.42 Å². The van der Waals surface area contributed by atoms with Gasteiger partial charge in [-0.05, 0) is 5.56 Å². The van der Waals surface area contributed by atoms with Gasteiger partial charge < -0.3 is 44.2 Å². The molecule has 0 amide bonds. The number of aliphatic hydroxyl groups excluding tert-OH is 3. The van der Waals surface area contributed by atoms with Crippen LogP contribution in [0.5, 0.6) is 11.5 Å². The molecule has 1 aliphatic heterocycles. The number of fused-ring (bicyclic) bond motifs is 1. The quantitative estimate of drug-likeness (QED) is 0.220. The number of carbonyl (C=O) groups excluding carboxylic acids is 1. The summed E-state index contributed by atoms with van der Waals surface area (Å²) in [7, 11) is 0. The second-order valence-corrected chi connectivity index (χ2v) is 8.05. The lowest BCUT2D eigenvalue weighted by atomic mass is 9.99. The SMILES string of the molecule is O=C(O)CC(=O)OC[C@@H]1O[C@H](Oc2cc(O)c3c(=O)c(-c4ccccc4)coc3c2)[C@@H](O)[C@H](O)[C@H]1O. The van der Waals surface area contributed by atoms with Gasteiger partial charge in [-0.15, -0.1) is 0 Å². The molecular formula is C24H22O12. The van der Waals surface area contributed by atoms with Crippen molar-refractivity contribution in [3.05, 3.63) is 59.0 Å². The van der Waals surface area contributed by atoms with Crippen LogP contribution < -0.4 is 10.2 Å². The van der Waals surface area contributed by atoms with Crippen LogP contribution in [0.15, 0.2) is 57.9 Å². The van der Waals surface area contributed by atoms with Crippen LogP contribution in [0.2, 0.25) is 0 Å². The molecular weight excluding hydrogens is 480 g/mol. The molecule has 12 nitrogen and oxygen atoms in total. The first-order chi connectivity index (χ1) is 17.2. The summed E-state index contributed by atoms with van der Waals surface area (Å²) < 4.78 is 21.2. The normalized spacial score (nSPS) is 23.8. The van der Waals surface area contributed by atoms with Gasteiger partial charge in [-0.1, -0.05) is 30.3 Å². The highest BCUT2D eigenvalue weighted by molar-refractivity contribution is 5.90. The van der Waals surface area contributed by atoms with Crippen LogP contribution in [0.4, 0.5) is 0 Å². The van der Waals surface area contributed by atoms with Crippen molar-refractivity contribution in [3.8, 4) is 22.6 Å². The predicted octanol–water partition coefficient (Wildman–Crippen LogP) is 0.370. The number of carbonyl (C=O) groups is 2. The van der Waals surface area contributed by atoms with E-state index in [4.69, 9.17) is 23.7 Å². The molecule has 0 aliphatic carbocycles. The molecule has 0 saturated carbocycles. The van der Waals surface area contributed by atoms with Gasteiger partial charge in [-0.2, -0.15) is 0 Å². The number of aliphatic carboxylic acids is 1. The fourth-order valence-corrected chi connectivity index (χ4v) is 3.73. The van der Waals surface area contributed by atoms with E-state index >= 15 is 0 Å². The summed E-state index contributed by atoms with van der Waals surface area (Å²) in [6.45, 7) is -0.628. The monoisotopic (exact) mass is 502 g/mol. The zero-order chi connectivity index (χ0) is 26.0. The van der Waals surface area contributed by atoms with Crippen LogP contribution in [-0.4, -0.2) is 74.8 Å². The molecule has 4 rings (SSSR count). The highest BCUT2D eigenvalue weighted by atomic mass is 16.7. The minimum Gasteiger partial charge on any atom is -0.507 e. The Kier molecular flexibility index (Phi) is 7.22. The van der Waals surface area contributed by atoms with Crippen molar-refractivity contribution in [2.45, 2.75) is 37.1 Å². The highest BCUT2D eigenvalue weighted by Gasteiger charge is 2.45. The number of hydrogen-bond donors (Lipinski definition) is 5. The van der Waals surface area contributed by atoms with Crippen molar-refractivity contribution in [2.24, 2.45) is 0 Å². The first-order valence-electron chi connectivity index (χ1n) is 10.7. The zero-order valence-corrected chi connectivity index (χ0v) is 18.5. The van der Waals surface area contributed by atoms with Gasteiger partial charge >= 0.3 is 11.9 Å². The molecule has 2 aromatic carbocycles. The maximum Gasteiger partial charge on any atom is 0.317 e. The van der Waals surface area contributed by atoms with Crippen LogP contribution in [0, 0.1) is 0 Å². The number of rotatable bonds is 7. The highest BCUT2D eigenvalue weighted by Crippen LogP contribution is 2.32. The summed E-state index contributed by atoms with van der Waals surface area (Å²) in [6.07, 6.45) is -7.86. The Balaban J connectivity index is 1.55. The number of aliphatic hydroxyl groups is 3. The van der Waals surface area contributed by atoms with Crippen molar-refractivity contribution in [1.82, 2.24) is 0 Å². The van der Waals surface area contributed by atoms with Gasteiger partial charge in [0.25, 0.3) is 0 Å². The summed E-state index contributed by atoms with van der Waals surface area (Å²) in [5.41, 5.74) is 0.312. The van der Waals surface area contributed by atoms with E-state index in [0.717, 1.165) is 6.07 Å². The number of aromatic hydroxyl groups is 1. The standard InChI is InChI=1S/C24H22O12/c25-14-6-12(7-15-19(14)20(29)13(9-33-15)11-4-2-1-3-5-11)35-24-23(32)22(31)21(30)16(36-24)10-34-18(28)8-17(26)27/h1-7,9,16,21-25,30-32H,8,10H2,(H,26,27)/t16-,21-,22+,23-,24-/m0/s1. The molecule has 1 saturated heterocycles. The number of ether oxygens (including phenoxy) is 3. The molecule has 1 fully saturated rings. The Morgan fingerprint density at radius 1 is 1.00 bits per heavy atom. The number of benzene rings is 2. The zero-order valence-electron chi connectivity index (χ0n) is 18.5. The molecule has 1 aliphatic rings. The second kappa shape index (κ2) is 10.3. The van der Waals surface area contributed by atoms with Gasteiger partial charge in [0.2, 0.25) is 11.7 Å². The third-order valence-electron chi connectivity index (χ3n) is 5.54. The first kappa shape index (κ1) is 25.1. The fraction of sp³-hybridized carbons (Fsp3) is 0.292. The maximum atomic E-state index is 13.0. The number of hydrogen-bond acceptors (Lipinski definition) is 11. The summed E-state index contributed by atoms with van der Waals surface area (Å²) in [5.74, 6) is -3.09. The Morgan fingerprint density at radius 2 is 1.72 bits per heavy atom. The van der Waals surface area contributed by atoms with Crippen molar-refractivity contribution < 1.29 is 53.7 Å². The van der Waals surface area contributed by atoms with E-state index in [1.165, 1.54) is 12.3 Å². The molecule has 1 aromatic heterocycles. The minimum atomic E-state index is -1.77. The molecule has 2 heterocycles. The number of carboxylic acids is 1. The van der Waals surface area contributed by atoms with Crippen molar-refractivity contribution in [1.29, 1.82) is 0 Å². The molecule has 5 N–H and O–H groups in total. The van der Waals surface area contributed by atoms with Crippen LogP contribution in [0.3, 0.4) is 0 Å². The van der Waals surface area contributed by atoms with Crippen LogP contribution in [0.25, 0.3) is 22.1 Å². The van der Waals surface area contributed by atoms with Gasteiger partial charge in [0.05, 0.1) is 5.56 Å². The lowest BCUT2D eigenvalue weighted by Gasteiger charge is -2.39. The van der Waals surface area contributed by atoms with Crippen molar-refractivity contribution in [2.75, 3.05) is 6.61 Å². The third-order valence-corrected chi connectivity index (χ3v) is 5.54. The van der Waals surface area contributed by atoms with E-state index in [-0.39, 0.29) is 22.3 Å². The summed E-state index contributed by atoms with van der Waals surface area (Å²) in [6, 6.07) is 11.1. The van der Waals surface area contributed by atoms with Gasteiger partial charge in [0.15, 0.2) is 0 Å². The molecule has 0 spiro atoms. The summed E-state index contributed by atoms with van der Waals surface area (Å²) >= 11 is 0. The van der Waals surface area contributed by atoms with Crippen molar-refractivity contribution in [3.63, 3.8) is 0 Å². The Labute approximate surface area is 202 Å². The summed E-state index contributed by atoms with van der Waals surface area (Å²) in [4.78, 5) is 35.0. The number of carboxylic acid groups (broad SMARTS) is 1. The number of phenolic OH excluding ortho intramolecular Hbond substituents is 1. The molecule has 5 atom stereocenters. The molecule has 0 unspecified atom stereocenters. The molecule has 12 heteroatoms. The van der Waals surface area contributed by atoms with E-state index in [9.17, 15) is 34.8 Å². The average molecular weight is 502 g/mol.